The van der Waals surface area contributed by atoms with Gasteiger partial charge in [0.2, 0.25) is 5.91 Å². The van der Waals surface area contributed by atoms with E-state index in [9.17, 15) is 9.18 Å². The van der Waals surface area contributed by atoms with Crippen LogP contribution in [-0.4, -0.2) is 23.9 Å². The lowest BCUT2D eigenvalue weighted by molar-refractivity contribution is -0.117. The lowest BCUT2D eigenvalue weighted by atomic mass is 10.0. The van der Waals surface area contributed by atoms with Crippen LogP contribution in [0.25, 0.3) is 0 Å². The summed E-state index contributed by atoms with van der Waals surface area (Å²) in [7, 11) is 0. The lowest BCUT2D eigenvalue weighted by Gasteiger charge is -2.32. The number of hydrogen-bond donors (Lipinski definition) is 1. The van der Waals surface area contributed by atoms with Crippen molar-refractivity contribution >= 4 is 22.9 Å². The van der Waals surface area contributed by atoms with Gasteiger partial charge in [-0.1, -0.05) is 6.07 Å². The van der Waals surface area contributed by atoms with Crippen molar-refractivity contribution in [3.05, 3.63) is 52.0 Å². The number of nitrogens with one attached hydrogen (secondary N) is 1. The summed E-state index contributed by atoms with van der Waals surface area (Å²) < 4.78 is 13.1. The Morgan fingerprint density at radius 2 is 2.33 bits per heavy atom. The molecule has 1 aliphatic heterocycles. The molecule has 2 aromatic rings. The molecular weight excluding hydrogens is 287 g/mol. The molecule has 0 saturated heterocycles. The average Bonchev–Trinajstić information content (AvgIpc) is 2.91. The Balaban J connectivity index is 1.63. The van der Waals surface area contributed by atoms with Gasteiger partial charge in [-0.25, -0.2) is 4.39 Å². The van der Waals surface area contributed by atoms with Gasteiger partial charge in [0.15, 0.2) is 0 Å². The van der Waals surface area contributed by atoms with Gasteiger partial charge in [-0.05, 0) is 48.6 Å². The lowest BCUT2D eigenvalue weighted by Crippen LogP contribution is -2.39. The number of amides is 1. The maximum atomic E-state index is 13.1. The largest absolute Gasteiger partial charge is 0.325 e. The van der Waals surface area contributed by atoms with Gasteiger partial charge in [-0.3, -0.25) is 9.69 Å². The molecule has 5 heteroatoms. The Morgan fingerprint density at radius 1 is 1.48 bits per heavy atom. The van der Waals surface area contributed by atoms with Crippen molar-refractivity contribution in [2.45, 2.75) is 19.4 Å². The first kappa shape index (κ1) is 14.2. The summed E-state index contributed by atoms with van der Waals surface area (Å²) in [6.45, 7) is 3.33. The highest BCUT2D eigenvalue weighted by molar-refractivity contribution is 7.10. The van der Waals surface area contributed by atoms with Crippen molar-refractivity contribution in [1.29, 1.82) is 0 Å². The van der Waals surface area contributed by atoms with Crippen LogP contribution in [0.2, 0.25) is 0 Å². The highest BCUT2D eigenvalue weighted by atomic mass is 32.1. The molecule has 0 bridgehead atoms. The molecule has 1 aliphatic rings. The molecule has 21 heavy (non-hydrogen) atoms. The summed E-state index contributed by atoms with van der Waals surface area (Å²) in [6.07, 6.45) is 0.991. The van der Waals surface area contributed by atoms with Crippen molar-refractivity contribution in [2.75, 3.05) is 18.4 Å². The van der Waals surface area contributed by atoms with Crippen LogP contribution >= 0.6 is 11.3 Å². The molecule has 0 spiro atoms. The highest BCUT2D eigenvalue weighted by Crippen LogP contribution is 2.32. The Hall–Kier alpha value is -1.72. The number of fused-ring (bicyclic) bond motifs is 1. The Morgan fingerprint density at radius 3 is 3.14 bits per heavy atom. The third-order valence-corrected chi connectivity index (χ3v) is 4.86. The summed E-state index contributed by atoms with van der Waals surface area (Å²) in [5, 5.41) is 4.86. The molecule has 0 unspecified atom stereocenters. The molecule has 1 N–H and O–H groups in total. The Labute approximate surface area is 127 Å². The maximum Gasteiger partial charge on any atom is 0.238 e. The standard InChI is InChI=1S/C16H17FN2OS/c1-11-14-6-8-21-15(14)5-7-19(11)10-16(20)18-13-4-2-3-12(17)9-13/h2-4,6,8-9,11H,5,7,10H2,1H3,(H,18,20)/t11-/m1/s1. The number of thiophene rings is 1. The fraction of sp³-hybridized carbons (Fsp3) is 0.312. The molecule has 1 atom stereocenters. The predicted molar refractivity (Wildman–Crippen MR) is 83.0 cm³/mol. The average molecular weight is 304 g/mol. The van der Waals surface area contributed by atoms with Gasteiger partial charge in [-0.2, -0.15) is 0 Å². The zero-order valence-corrected chi connectivity index (χ0v) is 12.6. The van der Waals surface area contributed by atoms with Crippen molar-refractivity contribution in [3.63, 3.8) is 0 Å². The zero-order chi connectivity index (χ0) is 14.8. The van der Waals surface area contributed by atoms with Crippen LogP contribution in [0.3, 0.4) is 0 Å². The second-order valence-corrected chi connectivity index (χ2v) is 6.25. The van der Waals surface area contributed by atoms with Crippen LogP contribution in [0.1, 0.15) is 23.4 Å². The highest BCUT2D eigenvalue weighted by Gasteiger charge is 2.26. The predicted octanol–water partition coefficient (Wildman–Crippen LogP) is 3.45. The van der Waals surface area contributed by atoms with E-state index < -0.39 is 0 Å². The molecular formula is C16H17FN2OS. The quantitative estimate of drug-likeness (QED) is 0.942. The number of rotatable bonds is 3. The zero-order valence-electron chi connectivity index (χ0n) is 11.8. The summed E-state index contributed by atoms with van der Waals surface area (Å²) in [4.78, 5) is 15.7. The van der Waals surface area contributed by atoms with E-state index in [0.29, 0.717) is 12.2 Å². The van der Waals surface area contributed by atoms with E-state index in [0.717, 1.165) is 13.0 Å². The third-order valence-electron chi connectivity index (χ3n) is 3.86. The van der Waals surface area contributed by atoms with Gasteiger partial charge in [0.25, 0.3) is 0 Å². The first-order valence-corrected chi connectivity index (χ1v) is 7.87. The van der Waals surface area contributed by atoms with Gasteiger partial charge in [0, 0.05) is 23.2 Å². The maximum absolute atomic E-state index is 13.1. The molecule has 1 aromatic heterocycles. The monoisotopic (exact) mass is 304 g/mol. The van der Waals surface area contributed by atoms with E-state index >= 15 is 0 Å². The second kappa shape index (κ2) is 5.95. The van der Waals surface area contributed by atoms with Crippen LogP contribution in [-0.2, 0) is 11.2 Å². The second-order valence-electron chi connectivity index (χ2n) is 5.25. The Bertz CT molecular complexity index is 655. The van der Waals surface area contributed by atoms with Crippen LogP contribution in [0.15, 0.2) is 35.7 Å². The molecule has 0 saturated carbocycles. The summed E-state index contributed by atoms with van der Waals surface area (Å²) >= 11 is 1.79. The van der Waals surface area contributed by atoms with E-state index in [1.54, 1.807) is 23.5 Å². The first-order chi connectivity index (χ1) is 10.1. The van der Waals surface area contributed by atoms with Crippen molar-refractivity contribution < 1.29 is 9.18 Å². The fourth-order valence-corrected chi connectivity index (χ4v) is 3.69. The number of benzene rings is 1. The van der Waals surface area contributed by atoms with Crippen molar-refractivity contribution in [1.82, 2.24) is 4.90 Å². The van der Waals surface area contributed by atoms with Gasteiger partial charge in [-0.15, -0.1) is 11.3 Å². The van der Waals surface area contributed by atoms with Gasteiger partial charge >= 0.3 is 0 Å². The van der Waals surface area contributed by atoms with E-state index in [1.807, 2.05) is 0 Å². The van der Waals surface area contributed by atoms with E-state index in [-0.39, 0.29) is 17.8 Å². The summed E-state index contributed by atoms with van der Waals surface area (Å²) in [6, 6.07) is 8.36. The molecule has 3 rings (SSSR count). The van der Waals surface area contributed by atoms with Crippen LogP contribution < -0.4 is 5.32 Å². The molecule has 2 heterocycles. The number of carbonyl (C=O) groups is 1. The van der Waals surface area contributed by atoms with Crippen LogP contribution in [0.5, 0.6) is 0 Å². The summed E-state index contributed by atoms with van der Waals surface area (Å²) in [5.74, 6) is -0.451. The SMILES string of the molecule is C[C@@H]1c2ccsc2CCN1CC(=O)Nc1cccc(F)c1. The number of carbonyl (C=O) groups excluding carboxylic acids is 1. The summed E-state index contributed by atoms with van der Waals surface area (Å²) in [5.41, 5.74) is 1.82. The number of anilines is 1. The van der Waals surface area contributed by atoms with Gasteiger partial charge in [0.05, 0.1) is 6.54 Å². The topological polar surface area (TPSA) is 32.3 Å². The van der Waals surface area contributed by atoms with Gasteiger partial charge in [0.1, 0.15) is 5.82 Å². The molecule has 110 valence electrons. The van der Waals surface area contributed by atoms with E-state index in [1.165, 1.54) is 22.6 Å². The molecule has 1 amide bonds. The third kappa shape index (κ3) is 3.14. The van der Waals surface area contributed by atoms with Crippen molar-refractivity contribution in [3.8, 4) is 0 Å². The molecule has 0 radical (unpaired) electrons. The van der Waals surface area contributed by atoms with Crippen LogP contribution in [0, 0.1) is 5.82 Å². The van der Waals surface area contributed by atoms with E-state index in [2.05, 4.69) is 28.6 Å². The molecule has 0 aliphatic carbocycles. The number of hydrogen-bond acceptors (Lipinski definition) is 3. The molecule has 0 fully saturated rings. The molecule has 1 aromatic carbocycles. The minimum atomic E-state index is -0.345. The molecule has 3 nitrogen and oxygen atoms in total. The number of nitrogens with zero attached hydrogens (tertiary/aromatic N) is 1. The fourth-order valence-electron chi connectivity index (χ4n) is 2.73. The number of halogens is 1. The minimum absolute atomic E-state index is 0.105. The van der Waals surface area contributed by atoms with E-state index in [4.69, 9.17) is 0 Å². The minimum Gasteiger partial charge on any atom is -0.325 e. The van der Waals surface area contributed by atoms with Crippen LogP contribution in [0.4, 0.5) is 10.1 Å². The first-order valence-electron chi connectivity index (χ1n) is 6.99. The van der Waals surface area contributed by atoms with Crippen molar-refractivity contribution in [2.24, 2.45) is 0 Å². The van der Waals surface area contributed by atoms with Gasteiger partial charge < -0.3 is 5.32 Å². The smallest absolute Gasteiger partial charge is 0.238 e. The normalized spacial score (nSPS) is 18.3. The Kier molecular flexibility index (Phi) is 4.03.